The minimum atomic E-state index is -6.13. The number of hydrogen-bond acceptors (Lipinski definition) is 2. The maximum absolute atomic E-state index is 9.29. The molecule has 9 rings (SSSR count). The molecule has 0 amide bonds. The zero-order valence-corrected chi connectivity index (χ0v) is 41.0. The molecule has 0 heterocycles. The third kappa shape index (κ3) is 7.03. The summed E-state index contributed by atoms with van der Waals surface area (Å²) in [4.78, 5) is 0. The summed E-state index contributed by atoms with van der Waals surface area (Å²) in [6, 6.07) is 99.7. The van der Waals surface area contributed by atoms with Gasteiger partial charge in [0.2, 0.25) is 0 Å². The average molecular weight is 1090 g/mol. The Hall–Kier alpha value is -4.68. The molecule has 0 aromatic heterocycles. The van der Waals surface area contributed by atoms with Crippen molar-refractivity contribution >= 4 is 87.8 Å². The normalized spacial score (nSPS) is 12.6. The second-order valence-corrected chi connectivity index (χ2v) is 50.3. The van der Waals surface area contributed by atoms with Crippen LogP contribution >= 0.6 is 0 Å². The fourth-order valence-electron chi connectivity index (χ4n) is 8.75. The second-order valence-electron chi connectivity index (χ2n) is 14.7. The molecule has 5 heteroatoms. The zero-order chi connectivity index (χ0) is 39.9. The fraction of sp³-hybridized carbons (Fsp3) is 0. The van der Waals surface area contributed by atoms with Gasteiger partial charge in [0.25, 0.3) is 0 Å². The Bertz CT molecular complexity index is 2270. The molecule has 0 aliphatic carbocycles. The summed E-state index contributed by atoms with van der Waals surface area (Å²) in [7, 11) is 0. The van der Waals surface area contributed by atoms with Crippen LogP contribution in [0.4, 0.5) is 0 Å². The van der Waals surface area contributed by atoms with Gasteiger partial charge in [0.1, 0.15) is 0 Å². The first-order valence-corrected chi connectivity index (χ1v) is 36.9. The zero-order valence-electron chi connectivity index (χ0n) is 32.7. The molecular formula is C54H45O2SbSn2. The van der Waals surface area contributed by atoms with Gasteiger partial charge >= 0.3 is 364 Å². The van der Waals surface area contributed by atoms with Crippen molar-refractivity contribution in [2.24, 2.45) is 0 Å². The number of hydrogen-bond donors (Lipinski definition) is 0. The van der Waals surface area contributed by atoms with E-state index >= 15 is 0 Å². The van der Waals surface area contributed by atoms with Gasteiger partial charge in [-0.3, -0.25) is 0 Å². The topological polar surface area (TPSA) is 18.5 Å². The Morgan fingerprint density at radius 1 is 0.203 bits per heavy atom. The van der Waals surface area contributed by atoms with E-state index in [1.807, 2.05) is 0 Å². The molecule has 0 N–H and O–H groups in total. The van der Waals surface area contributed by atoms with E-state index in [0.29, 0.717) is 0 Å². The van der Waals surface area contributed by atoms with Gasteiger partial charge < -0.3 is 0 Å². The van der Waals surface area contributed by atoms with E-state index in [2.05, 4.69) is 273 Å². The Morgan fingerprint density at radius 2 is 0.356 bits per heavy atom. The van der Waals surface area contributed by atoms with E-state index in [1.54, 1.807) is 0 Å². The first kappa shape index (κ1) is 39.8. The van der Waals surface area contributed by atoms with Crippen molar-refractivity contribution in [2.75, 3.05) is 0 Å². The molecule has 0 radical (unpaired) electrons. The molecule has 0 atom stereocenters. The van der Waals surface area contributed by atoms with Gasteiger partial charge in [-0.1, -0.05) is 0 Å². The summed E-state index contributed by atoms with van der Waals surface area (Å²) < 4.78 is 29.2. The summed E-state index contributed by atoms with van der Waals surface area (Å²) in [5, 5.41) is 0. The van der Waals surface area contributed by atoms with Crippen molar-refractivity contribution in [3.63, 3.8) is 0 Å². The van der Waals surface area contributed by atoms with Crippen LogP contribution in [0.25, 0.3) is 0 Å². The Kier molecular flexibility index (Phi) is 11.8. The monoisotopic (exact) mass is 1090 g/mol. The first-order valence-electron chi connectivity index (χ1n) is 20.1. The van der Waals surface area contributed by atoms with E-state index in [1.165, 1.54) is 21.5 Å². The van der Waals surface area contributed by atoms with Crippen LogP contribution in [0.1, 0.15) is 0 Å². The van der Waals surface area contributed by atoms with E-state index < -0.39 is 55.8 Å². The van der Waals surface area contributed by atoms with Crippen molar-refractivity contribution in [3.8, 4) is 0 Å². The summed E-state index contributed by atoms with van der Waals surface area (Å²) in [5.41, 5.74) is 0. The molecule has 286 valence electrons. The van der Waals surface area contributed by atoms with Crippen LogP contribution in [0.2, 0.25) is 0 Å². The summed E-state index contributed by atoms with van der Waals surface area (Å²) in [6.07, 6.45) is 0. The third-order valence-electron chi connectivity index (χ3n) is 11.4. The number of rotatable bonds is 13. The van der Waals surface area contributed by atoms with E-state index in [0.717, 1.165) is 10.5 Å². The molecule has 0 unspecified atom stereocenters. The van der Waals surface area contributed by atoms with Gasteiger partial charge in [0.05, 0.1) is 0 Å². The van der Waals surface area contributed by atoms with E-state index in [9.17, 15) is 2.71 Å². The molecule has 0 saturated carbocycles. The molecule has 9 aromatic carbocycles. The van der Waals surface area contributed by atoms with Gasteiger partial charge in [-0.15, -0.1) is 0 Å². The second kappa shape index (κ2) is 17.5. The van der Waals surface area contributed by atoms with Crippen molar-refractivity contribution in [3.05, 3.63) is 273 Å². The van der Waals surface area contributed by atoms with E-state index in [4.69, 9.17) is 0 Å². The van der Waals surface area contributed by atoms with Gasteiger partial charge in [0, 0.05) is 0 Å². The molecule has 0 fully saturated rings. The van der Waals surface area contributed by atoms with Gasteiger partial charge in [-0.05, 0) is 0 Å². The van der Waals surface area contributed by atoms with Crippen molar-refractivity contribution < 1.29 is 2.71 Å². The van der Waals surface area contributed by atoms with E-state index in [-0.39, 0.29) is 0 Å². The maximum atomic E-state index is 9.29. The molecule has 0 bridgehead atoms. The quantitative estimate of drug-likeness (QED) is 0.124. The van der Waals surface area contributed by atoms with Crippen molar-refractivity contribution in [1.82, 2.24) is 0 Å². The van der Waals surface area contributed by atoms with Crippen LogP contribution in [-0.4, -0.2) is 55.8 Å². The predicted octanol–water partition coefficient (Wildman–Crippen LogP) is 6.47. The van der Waals surface area contributed by atoms with Crippen molar-refractivity contribution in [2.45, 2.75) is 0 Å². The summed E-state index contributed by atoms with van der Waals surface area (Å²) in [6.45, 7) is 0. The third-order valence-corrected chi connectivity index (χ3v) is 69.0. The summed E-state index contributed by atoms with van der Waals surface area (Å²) in [5.74, 6) is 0. The molecule has 9 aromatic rings. The SMILES string of the molecule is c1cc[c]([Sn]([O][Sb]([O][Sn]([c]2ccccc2)([c]2ccccc2)[c]2ccccc2)([c]2ccccc2)([c]2ccccc2)[c]2ccccc2)([c]2ccccc2)[c]2ccccc2)cc1. The number of benzene rings is 9. The van der Waals surface area contributed by atoms with Gasteiger partial charge in [-0.25, -0.2) is 0 Å². The van der Waals surface area contributed by atoms with Crippen LogP contribution < -0.4 is 32.0 Å². The predicted molar refractivity (Wildman–Crippen MR) is 254 cm³/mol. The Morgan fingerprint density at radius 3 is 0.525 bits per heavy atom. The fourth-order valence-corrected chi connectivity index (χ4v) is 90.9. The average Bonchev–Trinajstić information content (AvgIpc) is 3.35. The van der Waals surface area contributed by atoms with Crippen LogP contribution in [0, 0.1) is 0 Å². The molecule has 2 nitrogen and oxygen atoms in total. The van der Waals surface area contributed by atoms with Crippen LogP contribution in [0.15, 0.2) is 273 Å². The molecule has 0 saturated heterocycles. The molecule has 0 aliphatic rings. The van der Waals surface area contributed by atoms with Crippen molar-refractivity contribution in [1.29, 1.82) is 0 Å². The van der Waals surface area contributed by atoms with Crippen LogP contribution in [0.5, 0.6) is 0 Å². The standard InChI is InChI=1S/9C6H5.2O.Sb.2Sn/c9*1-2-4-6-5-3-1;;;;;/h9*1-5H;;;;;. The molecule has 0 aliphatic heterocycles. The molecule has 0 spiro atoms. The van der Waals surface area contributed by atoms with Crippen LogP contribution in [-0.2, 0) is 2.71 Å². The molecule has 59 heavy (non-hydrogen) atoms. The van der Waals surface area contributed by atoms with Gasteiger partial charge in [0.15, 0.2) is 0 Å². The Labute approximate surface area is 359 Å². The van der Waals surface area contributed by atoms with Gasteiger partial charge in [-0.2, -0.15) is 0 Å². The minimum absolute atomic E-state index is 1.10. The first-order chi connectivity index (χ1) is 29.2. The summed E-state index contributed by atoms with van der Waals surface area (Å²) >= 11 is -15.8. The molecular weight excluding hydrogens is 1040 g/mol. The Balaban J connectivity index is 1.56. The van der Waals surface area contributed by atoms with Crippen LogP contribution in [0.3, 0.4) is 0 Å².